The summed E-state index contributed by atoms with van der Waals surface area (Å²) >= 11 is 9.25. The number of nitrogens with zero attached hydrogens (tertiary/aromatic N) is 2. The molecule has 0 aliphatic heterocycles. The topological polar surface area (TPSA) is 138 Å². The first kappa shape index (κ1) is 37.0. The Bertz CT molecular complexity index is 1140. The van der Waals surface area contributed by atoms with Crippen molar-refractivity contribution >= 4 is 126 Å². The van der Waals surface area contributed by atoms with Crippen molar-refractivity contribution in [3.8, 4) is 11.5 Å². The van der Waals surface area contributed by atoms with Crippen LogP contribution in [0.4, 0.5) is 21.0 Å². The fourth-order valence-electron chi connectivity index (χ4n) is 3.53. The Morgan fingerprint density at radius 3 is 1.40 bits per heavy atom. The van der Waals surface area contributed by atoms with Gasteiger partial charge in [-0.15, -0.1) is 0 Å². The van der Waals surface area contributed by atoms with Crippen LogP contribution in [-0.2, 0) is 19.1 Å². The molecular weight excluding hydrogens is 1000 g/mol. The number of nitrogens with two attached hydrogens (primary N) is 1. The first-order valence-electron chi connectivity index (χ1n) is 12.8. The molecule has 2 rings (SSSR count). The lowest BCUT2D eigenvalue weighted by Crippen LogP contribution is -2.35. The van der Waals surface area contributed by atoms with Crippen LogP contribution in [0.3, 0.4) is 0 Å². The van der Waals surface area contributed by atoms with E-state index in [1.165, 1.54) is 0 Å². The molecule has 0 amide bonds. The van der Waals surface area contributed by atoms with E-state index in [1.807, 2.05) is 24.3 Å². The average molecular weight is 1030 g/mol. The molecule has 0 heterocycles. The Kier molecular flexibility index (Phi) is 18.2. The Balaban J connectivity index is 1.75. The van der Waals surface area contributed by atoms with Gasteiger partial charge in [-0.3, -0.25) is 4.79 Å². The molecule has 2 N–H and O–H groups in total. The van der Waals surface area contributed by atoms with Crippen LogP contribution >= 0.6 is 90.4 Å². The molecule has 0 saturated carbocycles. The quantitative estimate of drug-likeness (QED) is 0.0705. The van der Waals surface area contributed by atoms with E-state index in [4.69, 9.17) is 15.2 Å². The van der Waals surface area contributed by atoms with Crippen LogP contribution in [0.2, 0.25) is 0 Å². The number of carbonyl (C=O) groups is 4. The SMILES string of the molecule is N[C@@H](CCC(=O)OC(=O)Oc1ccc(N(CCI)CCI)cc1)C(=O)OC(=O)Oc1ccc(N(CCI)CCI)cc1. The molecule has 0 aliphatic carbocycles. The molecule has 2 aromatic rings. The molecule has 230 valence electrons. The van der Waals surface area contributed by atoms with Crippen LogP contribution in [0.1, 0.15) is 12.8 Å². The Morgan fingerprint density at radius 2 is 1.02 bits per heavy atom. The highest BCUT2D eigenvalue weighted by atomic mass is 127. The second kappa shape index (κ2) is 20.7. The average Bonchev–Trinajstić information content (AvgIpc) is 2.96. The van der Waals surface area contributed by atoms with E-state index in [0.29, 0.717) is 0 Å². The first-order valence-corrected chi connectivity index (χ1v) is 18.9. The van der Waals surface area contributed by atoms with Gasteiger partial charge in [-0.1, -0.05) is 90.4 Å². The van der Waals surface area contributed by atoms with Crippen LogP contribution in [0.5, 0.6) is 11.5 Å². The molecule has 0 aromatic heterocycles. The van der Waals surface area contributed by atoms with Crippen LogP contribution in [0.25, 0.3) is 0 Å². The monoisotopic (exact) mass is 1030 g/mol. The van der Waals surface area contributed by atoms with Gasteiger partial charge in [0.15, 0.2) is 0 Å². The zero-order valence-corrected chi connectivity index (χ0v) is 31.1. The molecule has 0 spiro atoms. The standard InChI is InChI=1S/C27H31I4N3O8/c28-11-15-33(16-12-29)19-1-5-21(6-2-19)39-26(37)41-24(35)10-9-23(32)25(36)42-27(38)40-22-7-3-20(4-8-22)34(17-13-30)18-14-31/h1-8,23H,9-18,32H2/t23-/m0/s1. The van der Waals surface area contributed by atoms with E-state index < -0.39 is 30.3 Å². The Labute approximate surface area is 299 Å². The normalized spacial score (nSPS) is 11.3. The molecule has 0 fully saturated rings. The fourth-order valence-corrected chi connectivity index (χ4v) is 5.85. The second-order valence-electron chi connectivity index (χ2n) is 8.46. The van der Waals surface area contributed by atoms with Gasteiger partial charge in [0.2, 0.25) is 0 Å². The van der Waals surface area contributed by atoms with Crippen LogP contribution in [0.15, 0.2) is 48.5 Å². The fraction of sp³-hybridized carbons (Fsp3) is 0.407. The van der Waals surface area contributed by atoms with E-state index in [9.17, 15) is 19.2 Å². The third kappa shape index (κ3) is 13.6. The summed E-state index contributed by atoms with van der Waals surface area (Å²) in [4.78, 5) is 52.7. The number of rotatable bonds is 16. The highest BCUT2D eigenvalue weighted by Gasteiger charge is 2.23. The van der Waals surface area contributed by atoms with Gasteiger partial charge in [-0.2, -0.15) is 0 Å². The summed E-state index contributed by atoms with van der Waals surface area (Å²) in [5.74, 6) is -1.62. The highest BCUT2D eigenvalue weighted by Crippen LogP contribution is 2.22. The zero-order valence-electron chi connectivity index (χ0n) is 22.5. The molecule has 2 aromatic carbocycles. The number of benzene rings is 2. The van der Waals surface area contributed by atoms with E-state index in [0.717, 1.165) is 55.3 Å². The van der Waals surface area contributed by atoms with Crippen molar-refractivity contribution < 1.29 is 38.1 Å². The van der Waals surface area contributed by atoms with Crippen molar-refractivity contribution in [1.82, 2.24) is 0 Å². The molecule has 42 heavy (non-hydrogen) atoms. The Hall–Kier alpha value is -1.20. The predicted molar refractivity (Wildman–Crippen MR) is 194 cm³/mol. The van der Waals surface area contributed by atoms with Crippen molar-refractivity contribution in [2.24, 2.45) is 5.73 Å². The molecule has 0 unspecified atom stereocenters. The number of ether oxygens (including phenoxy) is 4. The minimum atomic E-state index is -1.32. The van der Waals surface area contributed by atoms with Gasteiger partial charge in [-0.05, 0) is 55.0 Å². The minimum absolute atomic E-state index is 0.198. The largest absolute Gasteiger partial charge is 0.521 e. The maximum Gasteiger partial charge on any atom is 0.521 e. The molecule has 0 saturated heterocycles. The smallest absolute Gasteiger partial charge is 0.395 e. The summed E-state index contributed by atoms with van der Waals surface area (Å²) in [5, 5.41) is 0. The molecule has 11 nitrogen and oxygen atoms in total. The van der Waals surface area contributed by atoms with Gasteiger partial charge in [-0.25, -0.2) is 14.4 Å². The zero-order chi connectivity index (χ0) is 30.9. The first-order chi connectivity index (χ1) is 20.2. The van der Waals surface area contributed by atoms with Crippen molar-refractivity contribution in [3.05, 3.63) is 48.5 Å². The van der Waals surface area contributed by atoms with Crippen LogP contribution in [-0.4, -0.2) is 74.2 Å². The van der Waals surface area contributed by atoms with Gasteiger partial charge in [0.1, 0.15) is 17.5 Å². The summed E-state index contributed by atoms with van der Waals surface area (Å²) in [6, 6.07) is 12.4. The van der Waals surface area contributed by atoms with Gasteiger partial charge in [0.25, 0.3) is 0 Å². The number of halogens is 4. The molecule has 1 atom stereocenters. The lowest BCUT2D eigenvalue weighted by Gasteiger charge is -2.23. The number of hydrogen-bond donors (Lipinski definition) is 1. The van der Waals surface area contributed by atoms with Gasteiger partial charge in [0, 0.05) is 61.7 Å². The predicted octanol–water partition coefficient (Wildman–Crippen LogP) is 5.93. The maximum absolute atomic E-state index is 12.2. The van der Waals surface area contributed by atoms with E-state index in [-0.39, 0.29) is 24.3 Å². The molecular formula is C27H31I4N3O8. The number of hydrogen-bond acceptors (Lipinski definition) is 11. The summed E-state index contributed by atoms with van der Waals surface area (Å²) < 4.78 is 23.3. The van der Waals surface area contributed by atoms with Gasteiger partial charge >= 0.3 is 24.2 Å². The molecule has 15 heteroatoms. The van der Waals surface area contributed by atoms with E-state index in [1.54, 1.807) is 24.3 Å². The second-order valence-corrected chi connectivity index (χ2v) is 12.8. The number of anilines is 2. The van der Waals surface area contributed by atoms with Crippen LogP contribution in [0, 0.1) is 0 Å². The minimum Gasteiger partial charge on any atom is -0.395 e. The number of alkyl halides is 4. The lowest BCUT2D eigenvalue weighted by atomic mass is 10.2. The maximum atomic E-state index is 12.2. The van der Waals surface area contributed by atoms with Crippen molar-refractivity contribution in [2.75, 3.05) is 53.7 Å². The number of esters is 2. The van der Waals surface area contributed by atoms with E-state index in [2.05, 4.69) is 110 Å². The van der Waals surface area contributed by atoms with E-state index >= 15 is 0 Å². The molecule has 0 radical (unpaired) electrons. The Morgan fingerprint density at radius 1 is 0.643 bits per heavy atom. The summed E-state index contributed by atoms with van der Waals surface area (Å²) in [7, 11) is 0. The van der Waals surface area contributed by atoms with Crippen molar-refractivity contribution in [2.45, 2.75) is 18.9 Å². The number of carbonyl (C=O) groups excluding carboxylic acids is 4. The lowest BCUT2D eigenvalue weighted by molar-refractivity contribution is -0.141. The van der Waals surface area contributed by atoms with Crippen molar-refractivity contribution in [1.29, 1.82) is 0 Å². The molecule has 0 aliphatic rings. The van der Waals surface area contributed by atoms with Crippen LogP contribution < -0.4 is 25.0 Å². The summed E-state index contributed by atoms with van der Waals surface area (Å²) in [6.07, 6.45) is -3.06. The van der Waals surface area contributed by atoms with Crippen molar-refractivity contribution in [3.63, 3.8) is 0 Å². The van der Waals surface area contributed by atoms with Gasteiger partial charge in [0.05, 0.1) is 0 Å². The van der Waals surface area contributed by atoms with Gasteiger partial charge < -0.3 is 34.5 Å². The third-order valence-corrected chi connectivity index (χ3v) is 7.50. The molecule has 0 bridgehead atoms. The summed E-state index contributed by atoms with van der Waals surface area (Å²) in [5.41, 5.74) is 7.71. The third-order valence-electron chi connectivity index (χ3n) is 5.57. The summed E-state index contributed by atoms with van der Waals surface area (Å²) in [6.45, 7) is 3.55. The highest BCUT2D eigenvalue weighted by molar-refractivity contribution is 14.1.